The molecule has 1 aromatic heterocycles. The minimum absolute atomic E-state index is 0.362. The molecule has 2 rings (SSSR count). The van der Waals surface area contributed by atoms with E-state index in [1.807, 2.05) is 24.3 Å². The molecule has 4 nitrogen and oxygen atoms in total. The summed E-state index contributed by atoms with van der Waals surface area (Å²) in [5, 5.41) is 3.23. The number of hydrogen-bond donors (Lipinski definition) is 2. The Morgan fingerprint density at radius 2 is 1.94 bits per heavy atom. The van der Waals surface area contributed by atoms with Crippen LogP contribution < -0.4 is 11.1 Å². The van der Waals surface area contributed by atoms with Gasteiger partial charge in [0.25, 0.3) is 0 Å². The zero-order valence-corrected chi connectivity index (χ0v) is 8.93. The first-order valence-corrected chi connectivity index (χ1v) is 5.18. The number of hydrogen-bond acceptors (Lipinski definition) is 4. The first kappa shape index (κ1) is 10.6. The molecule has 0 atom stereocenters. The molecular weight excluding hydrogens is 200 g/mol. The van der Waals surface area contributed by atoms with Gasteiger partial charge in [0.15, 0.2) is 0 Å². The molecule has 1 aromatic carbocycles. The lowest BCUT2D eigenvalue weighted by Gasteiger charge is -2.06. The van der Waals surface area contributed by atoms with Gasteiger partial charge in [-0.05, 0) is 11.6 Å². The third-order valence-electron chi connectivity index (χ3n) is 2.20. The molecule has 0 unspecified atom stereocenters. The largest absolute Gasteiger partial charge is 0.366 e. The molecule has 0 aliphatic heterocycles. The number of aromatic nitrogens is 2. The average Bonchev–Trinajstić information content (AvgIpc) is 2.38. The van der Waals surface area contributed by atoms with E-state index in [2.05, 4.69) is 27.4 Å². The number of anilines is 1. The first-order valence-electron chi connectivity index (χ1n) is 5.18. The Balaban J connectivity index is 1.99. The monoisotopic (exact) mass is 214 g/mol. The molecule has 0 spiro atoms. The Labute approximate surface area is 94.5 Å². The van der Waals surface area contributed by atoms with Crippen molar-refractivity contribution in [1.29, 1.82) is 0 Å². The Kier molecular flexibility index (Phi) is 3.46. The van der Waals surface area contributed by atoms with Gasteiger partial charge in [-0.2, -0.15) is 0 Å². The Bertz CT molecular complexity index is 442. The van der Waals surface area contributed by atoms with E-state index < -0.39 is 0 Å². The lowest BCUT2D eigenvalue weighted by Crippen LogP contribution is -2.06. The summed E-state index contributed by atoms with van der Waals surface area (Å²) in [6, 6.07) is 12.0. The highest BCUT2D eigenvalue weighted by molar-refractivity contribution is 5.34. The van der Waals surface area contributed by atoms with Crippen LogP contribution in [0.5, 0.6) is 0 Å². The highest BCUT2D eigenvalue weighted by atomic mass is 15.0. The maximum atomic E-state index is 5.47. The maximum Gasteiger partial charge on any atom is 0.144 e. The third-order valence-corrected chi connectivity index (χ3v) is 2.20. The SMILES string of the molecule is NCc1nccc(NCc2ccccc2)n1. The summed E-state index contributed by atoms with van der Waals surface area (Å²) < 4.78 is 0. The van der Waals surface area contributed by atoms with Crippen LogP contribution in [-0.4, -0.2) is 9.97 Å². The van der Waals surface area contributed by atoms with Crippen molar-refractivity contribution < 1.29 is 0 Å². The van der Waals surface area contributed by atoms with Crippen molar-refractivity contribution in [3.05, 3.63) is 54.0 Å². The van der Waals surface area contributed by atoms with E-state index >= 15 is 0 Å². The predicted molar refractivity (Wildman–Crippen MR) is 63.7 cm³/mol. The van der Waals surface area contributed by atoms with Gasteiger partial charge >= 0.3 is 0 Å². The zero-order chi connectivity index (χ0) is 11.2. The normalized spacial score (nSPS) is 10.1. The van der Waals surface area contributed by atoms with Crippen molar-refractivity contribution in [1.82, 2.24) is 9.97 Å². The van der Waals surface area contributed by atoms with Crippen LogP contribution in [0.4, 0.5) is 5.82 Å². The standard InChI is InChI=1S/C12H14N4/c13-8-12-14-7-6-11(16-12)15-9-10-4-2-1-3-5-10/h1-7H,8-9,13H2,(H,14,15,16). The van der Waals surface area contributed by atoms with Crippen LogP contribution in [0, 0.1) is 0 Å². The van der Waals surface area contributed by atoms with E-state index in [4.69, 9.17) is 5.73 Å². The van der Waals surface area contributed by atoms with Crippen molar-refractivity contribution in [2.75, 3.05) is 5.32 Å². The highest BCUT2D eigenvalue weighted by Crippen LogP contribution is 2.05. The van der Waals surface area contributed by atoms with Gasteiger partial charge in [0.1, 0.15) is 11.6 Å². The smallest absolute Gasteiger partial charge is 0.144 e. The van der Waals surface area contributed by atoms with E-state index in [-0.39, 0.29) is 0 Å². The molecule has 0 bridgehead atoms. The molecule has 4 heteroatoms. The van der Waals surface area contributed by atoms with Gasteiger partial charge in [-0.15, -0.1) is 0 Å². The van der Waals surface area contributed by atoms with E-state index in [0.717, 1.165) is 12.4 Å². The Morgan fingerprint density at radius 3 is 2.69 bits per heavy atom. The fourth-order valence-electron chi connectivity index (χ4n) is 1.38. The molecule has 0 aliphatic rings. The van der Waals surface area contributed by atoms with E-state index in [0.29, 0.717) is 12.4 Å². The lowest BCUT2D eigenvalue weighted by atomic mass is 10.2. The van der Waals surface area contributed by atoms with Gasteiger partial charge < -0.3 is 11.1 Å². The minimum Gasteiger partial charge on any atom is -0.366 e. The van der Waals surface area contributed by atoms with Crippen molar-refractivity contribution in [3.8, 4) is 0 Å². The van der Waals surface area contributed by atoms with Crippen LogP contribution in [0.15, 0.2) is 42.6 Å². The maximum absolute atomic E-state index is 5.47. The average molecular weight is 214 g/mol. The molecule has 1 heterocycles. The Morgan fingerprint density at radius 1 is 1.12 bits per heavy atom. The van der Waals surface area contributed by atoms with E-state index in [1.165, 1.54) is 5.56 Å². The van der Waals surface area contributed by atoms with Crippen molar-refractivity contribution in [3.63, 3.8) is 0 Å². The molecule has 3 N–H and O–H groups in total. The van der Waals surface area contributed by atoms with Gasteiger partial charge in [0.05, 0.1) is 6.54 Å². The van der Waals surface area contributed by atoms with Crippen LogP contribution in [-0.2, 0) is 13.1 Å². The predicted octanol–water partition coefficient (Wildman–Crippen LogP) is 1.55. The highest BCUT2D eigenvalue weighted by Gasteiger charge is 1.97. The molecule has 0 saturated carbocycles. The van der Waals surface area contributed by atoms with Gasteiger partial charge in [-0.1, -0.05) is 30.3 Å². The second-order valence-corrected chi connectivity index (χ2v) is 3.40. The number of benzene rings is 1. The fourth-order valence-corrected chi connectivity index (χ4v) is 1.38. The van der Waals surface area contributed by atoms with Gasteiger partial charge in [0, 0.05) is 12.7 Å². The molecule has 0 aliphatic carbocycles. The molecule has 82 valence electrons. The lowest BCUT2D eigenvalue weighted by molar-refractivity contribution is 0.904. The second-order valence-electron chi connectivity index (χ2n) is 3.40. The third kappa shape index (κ3) is 2.77. The quantitative estimate of drug-likeness (QED) is 0.810. The van der Waals surface area contributed by atoms with Crippen molar-refractivity contribution >= 4 is 5.82 Å². The van der Waals surface area contributed by atoms with Gasteiger partial charge in [-0.3, -0.25) is 0 Å². The molecule has 2 aromatic rings. The summed E-state index contributed by atoms with van der Waals surface area (Å²) in [6.07, 6.45) is 1.71. The van der Waals surface area contributed by atoms with Crippen LogP contribution in [0.3, 0.4) is 0 Å². The fraction of sp³-hybridized carbons (Fsp3) is 0.167. The van der Waals surface area contributed by atoms with Gasteiger partial charge in [0.2, 0.25) is 0 Å². The van der Waals surface area contributed by atoms with Crippen molar-refractivity contribution in [2.24, 2.45) is 5.73 Å². The summed E-state index contributed by atoms with van der Waals surface area (Å²) in [5.74, 6) is 1.46. The molecule has 16 heavy (non-hydrogen) atoms. The van der Waals surface area contributed by atoms with Crippen LogP contribution >= 0.6 is 0 Å². The topological polar surface area (TPSA) is 63.8 Å². The molecule has 0 fully saturated rings. The molecular formula is C12H14N4. The van der Waals surface area contributed by atoms with E-state index in [1.54, 1.807) is 6.20 Å². The zero-order valence-electron chi connectivity index (χ0n) is 8.93. The van der Waals surface area contributed by atoms with Gasteiger partial charge in [-0.25, -0.2) is 9.97 Å². The number of rotatable bonds is 4. The number of nitrogens with one attached hydrogen (secondary N) is 1. The van der Waals surface area contributed by atoms with Crippen LogP contribution in [0.1, 0.15) is 11.4 Å². The number of nitrogens with two attached hydrogens (primary N) is 1. The van der Waals surface area contributed by atoms with Crippen LogP contribution in [0.25, 0.3) is 0 Å². The summed E-state index contributed by atoms with van der Waals surface area (Å²) >= 11 is 0. The molecule has 0 saturated heterocycles. The summed E-state index contributed by atoms with van der Waals surface area (Å²) in [7, 11) is 0. The number of nitrogens with zero attached hydrogens (tertiary/aromatic N) is 2. The summed E-state index contributed by atoms with van der Waals surface area (Å²) in [5.41, 5.74) is 6.69. The molecule has 0 amide bonds. The first-order chi connectivity index (χ1) is 7.88. The van der Waals surface area contributed by atoms with Crippen LogP contribution in [0.2, 0.25) is 0 Å². The Hall–Kier alpha value is -1.94. The summed E-state index contributed by atoms with van der Waals surface area (Å²) in [6.45, 7) is 1.11. The minimum atomic E-state index is 0.362. The second kappa shape index (κ2) is 5.23. The summed E-state index contributed by atoms with van der Waals surface area (Å²) in [4.78, 5) is 8.30. The van der Waals surface area contributed by atoms with Crippen molar-refractivity contribution in [2.45, 2.75) is 13.1 Å². The van der Waals surface area contributed by atoms with E-state index in [9.17, 15) is 0 Å². The molecule has 0 radical (unpaired) electrons.